The minimum absolute atomic E-state index is 0.0930. The Morgan fingerprint density at radius 2 is 2.54 bits per heavy atom. The molecule has 1 aromatic rings. The van der Waals surface area contributed by atoms with Gasteiger partial charge in [0.05, 0.1) is 12.3 Å². The van der Waals surface area contributed by atoms with E-state index in [9.17, 15) is 0 Å². The molecule has 2 heterocycles. The molecule has 1 aliphatic rings. The van der Waals surface area contributed by atoms with Crippen molar-refractivity contribution in [3.63, 3.8) is 0 Å². The number of nitrogens with zero attached hydrogens (tertiary/aromatic N) is 2. The van der Waals surface area contributed by atoms with Crippen molar-refractivity contribution >= 4 is 0 Å². The van der Waals surface area contributed by atoms with Gasteiger partial charge in [-0.2, -0.15) is 0 Å². The Bertz CT molecular complexity index is 284. The predicted octanol–water partition coefficient (Wildman–Crippen LogP) is 0.446. The zero-order valence-corrected chi connectivity index (χ0v) is 7.66. The van der Waals surface area contributed by atoms with E-state index in [1.807, 2.05) is 13.0 Å². The Morgan fingerprint density at radius 3 is 3.23 bits per heavy atom. The van der Waals surface area contributed by atoms with Crippen molar-refractivity contribution in [2.24, 2.45) is 0 Å². The summed E-state index contributed by atoms with van der Waals surface area (Å²) in [5.74, 6) is 0.798. The van der Waals surface area contributed by atoms with E-state index in [0.717, 1.165) is 31.2 Å². The van der Waals surface area contributed by atoms with Crippen LogP contribution in [-0.2, 0) is 4.74 Å². The van der Waals surface area contributed by atoms with Crippen LogP contribution in [0.3, 0.4) is 0 Å². The molecule has 0 radical (unpaired) electrons. The summed E-state index contributed by atoms with van der Waals surface area (Å²) in [7, 11) is 0. The Labute approximate surface area is 77.4 Å². The Morgan fingerprint density at radius 1 is 1.62 bits per heavy atom. The molecule has 1 N–H and O–H groups in total. The second-order valence-corrected chi connectivity index (χ2v) is 3.09. The maximum Gasteiger partial charge on any atom is 0.125 e. The summed E-state index contributed by atoms with van der Waals surface area (Å²) in [6.07, 6.45) is 1.87. The van der Waals surface area contributed by atoms with Gasteiger partial charge in [-0.3, -0.25) is 0 Å². The van der Waals surface area contributed by atoms with Crippen molar-refractivity contribution < 1.29 is 4.74 Å². The van der Waals surface area contributed by atoms with Gasteiger partial charge < -0.3 is 10.1 Å². The number of aromatic nitrogens is 2. The van der Waals surface area contributed by atoms with E-state index < -0.39 is 0 Å². The molecule has 0 aliphatic carbocycles. The molecule has 1 aliphatic heterocycles. The van der Waals surface area contributed by atoms with Crippen LogP contribution in [0.1, 0.15) is 17.6 Å². The molecule has 0 amide bonds. The number of morpholine rings is 1. The predicted molar refractivity (Wildman–Crippen MR) is 48.3 cm³/mol. The molecule has 1 saturated heterocycles. The largest absolute Gasteiger partial charge is 0.369 e. The SMILES string of the molecule is Cc1nccc([C@H]2CNCCO2)n1. The Balaban J connectivity index is 2.14. The van der Waals surface area contributed by atoms with Gasteiger partial charge >= 0.3 is 0 Å². The van der Waals surface area contributed by atoms with Crippen molar-refractivity contribution in [2.45, 2.75) is 13.0 Å². The maximum atomic E-state index is 5.57. The van der Waals surface area contributed by atoms with E-state index in [1.165, 1.54) is 0 Å². The number of nitrogens with one attached hydrogen (secondary N) is 1. The van der Waals surface area contributed by atoms with Crippen molar-refractivity contribution in [3.05, 3.63) is 23.8 Å². The second kappa shape index (κ2) is 3.81. The molecular formula is C9H13N3O. The van der Waals surface area contributed by atoms with Gasteiger partial charge in [0.2, 0.25) is 0 Å². The lowest BCUT2D eigenvalue weighted by molar-refractivity contribution is 0.0248. The molecular weight excluding hydrogens is 166 g/mol. The molecule has 0 bridgehead atoms. The van der Waals surface area contributed by atoms with Gasteiger partial charge in [0, 0.05) is 19.3 Å². The first kappa shape index (κ1) is 8.59. The molecule has 70 valence electrons. The summed E-state index contributed by atoms with van der Waals surface area (Å²) in [6.45, 7) is 4.42. The van der Waals surface area contributed by atoms with Crippen molar-refractivity contribution in [1.82, 2.24) is 15.3 Å². The first-order valence-corrected chi connectivity index (χ1v) is 4.48. The average Bonchev–Trinajstić information content (AvgIpc) is 2.19. The first-order chi connectivity index (χ1) is 6.36. The molecule has 0 aromatic carbocycles. The van der Waals surface area contributed by atoms with E-state index in [0.29, 0.717) is 0 Å². The van der Waals surface area contributed by atoms with Crippen LogP contribution >= 0.6 is 0 Å². The monoisotopic (exact) mass is 179 g/mol. The lowest BCUT2D eigenvalue weighted by atomic mass is 10.2. The van der Waals surface area contributed by atoms with Crippen molar-refractivity contribution in [3.8, 4) is 0 Å². The van der Waals surface area contributed by atoms with Gasteiger partial charge in [0.25, 0.3) is 0 Å². The van der Waals surface area contributed by atoms with Gasteiger partial charge in [-0.25, -0.2) is 9.97 Å². The molecule has 4 nitrogen and oxygen atoms in total. The third-order valence-corrected chi connectivity index (χ3v) is 2.06. The molecule has 1 aromatic heterocycles. The zero-order valence-electron chi connectivity index (χ0n) is 7.66. The van der Waals surface area contributed by atoms with Gasteiger partial charge in [0.15, 0.2) is 0 Å². The summed E-state index contributed by atoms with van der Waals surface area (Å²) in [5.41, 5.74) is 0.972. The summed E-state index contributed by atoms with van der Waals surface area (Å²) in [4.78, 5) is 8.37. The van der Waals surface area contributed by atoms with Gasteiger partial charge in [0.1, 0.15) is 11.9 Å². The van der Waals surface area contributed by atoms with Gasteiger partial charge in [-0.1, -0.05) is 0 Å². The number of hydrogen-bond acceptors (Lipinski definition) is 4. The molecule has 4 heteroatoms. The molecule has 13 heavy (non-hydrogen) atoms. The first-order valence-electron chi connectivity index (χ1n) is 4.48. The fourth-order valence-corrected chi connectivity index (χ4v) is 1.41. The molecule has 2 rings (SSSR count). The lowest BCUT2D eigenvalue weighted by Gasteiger charge is -2.22. The van der Waals surface area contributed by atoms with Crippen LogP contribution in [0, 0.1) is 6.92 Å². The van der Waals surface area contributed by atoms with E-state index in [4.69, 9.17) is 4.74 Å². The highest BCUT2D eigenvalue weighted by Crippen LogP contribution is 2.15. The minimum atomic E-state index is 0.0930. The minimum Gasteiger partial charge on any atom is -0.369 e. The molecule has 0 spiro atoms. The summed E-state index contributed by atoms with van der Waals surface area (Å²) >= 11 is 0. The van der Waals surface area contributed by atoms with E-state index >= 15 is 0 Å². The van der Waals surface area contributed by atoms with E-state index in [1.54, 1.807) is 6.20 Å². The van der Waals surface area contributed by atoms with Crippen LogP contribution in [-0.4, -0.2) is 29.7 Å². The number of ether oxygens (including phenoxy) is 1. The Hall–Kier alpha value is -1.00. The van der Waals surface area contributed by atoms with Crippen molar-refractivity contribution in [1.29, 1.82) is 0 Å². The fourth-order valence-electron chi connectivity index (χ4n) is 1.41. The van der Waals surface area contributed by atoms with Crippen LogP contribution in [0.2, 0.25) is 0 Å². The second-order valence-electron chi connectivity index (χ2n) is 3.09. The zero-order chi connectivity index (χ0) is 9.10. The fraction of sp³-hybridized carbons (Fsp3) is 0.556. The Kier molecular flexibility index (Phi) is 2.52. The normalized spacial score (nSPS) is 23.0. The molecule has 0 unspecified atom stereocenters. The summed E-state index contributed by atoms with van der Waals surface area (Å²) < 4.78 is 5.57. The van der Waals surface area contributed by atoms with Gasteiger partial charge in [-0.05, 0) is 13.0 Å². The number of rotatable bonds is 1. The maximum absolute atomic E-state index is 5.57. The molecule has 1 fully saturated rings. The highest BCUT2D eigenvalue weighted by molar-refractivity contribution is 5.06. The number of aryl methyl sites for hydroxylation is 1. The third-order valence-electron chi connectivity index (χ3n) is 2.06. The van der Waals surface area contributed by atoms with E-state index in [2.05, 4.69) is 15.3 Å². The lowest BCUT2D eigenvalue weighted by Crippen LogP contribution is -2.33. The van der Waals surface area contributed by atoms with Crippen LogP contribution in [0.25, 0.3) is 0 Å². The van der Waals surface area contributed by atoms with Crippen LogP contribution in [0.4, 0.5) is 0 Å². The van der Waals surface area contributed by atoms with Gasteiger partial charge in [-0.15, -0.1) is 0 Å². The summed E-state index contributed by atoms with van der Waals surface area (Å²) in [5, 5.41) is 3.27. The average molecular weight is 179 g/mol. The van der Waals surface area contributed by atoms with Crippen LogP contribution in [0.5, 0.6) is 0 Å². The standard InChI is InChI=1S/C9H13N3O/c1-7-11-3-2-8(12-7)9-6-10-4-5-13-9/h2-3,9-10H,4-6H2,1H3/t9-/m1/s1. The third kappa shape index (κ3) is 2.02. The topological polar surface area (TPSA) is 47.0 Å². The van der Waals surface area contributed by atoms with E-state index in [-0.39, 0.29) is 6.10 Å². The van der Waals surface area contributed by atoms with Crippen molar-refractivity contribution in [2.75, 3.05) is 19.7 Å². The smallest absolute Gasteiger partial charge is 0.125 e. The van der Waals surface area contributed by atoms with Crippen LogP contribution in [0.15, 0.2) is 12.3 Å². The molecule has 1 atom stereocenters. The quantitative estimate of drug-likeness (QED) is 0.679. The highest BCUT2D eigenvalue weighted by atomic mass is 16.5. The number of hydrogen-bond donors (Lipinski definition) is 1. The summed E-state index contributed by atoms with van der Waals surface area (Å²) in [6, 6.07) is 1.91. The van der Waals surface area contributed by atoms with Crippen LogP contribution < -0.4 is 5.32 Å². The molecule has 0 saturated carbocycles. The highest BCUT2D eigenvalue weighted by Gasteiger charge is 2.16.